The third-order valence-electron chi connectivity index (χ3n) is 3.57. The van der Waals surface area contributed by atoms with Crippen molar-refractivity contribution in [2.24, 2.45) is 0 Å². The highest BCUT2D eigenvalue weighted by atomic mass is 16.7. The van der Waals surface area contributed by atoms with Crippen LogP contribution < -0.4 is 0 Å². The number of ether oxygens (including phenoxy) is 3. The zero-order chi connectivity index (χ0) is 16.3. The quantitative estimate of drug-likeness (QED) is 0.650. The maximum Gasteiger partial charge on any atom is 0.338 e. The fraction of sp³-hybridized carbons (Fsp3) is 0.533. The summed E-state index contributed by atoms with van der Waals surface area (Å²) in [6, 6.07) is 6.83. The molecule has 7 heteroatoms. The van der Waals surface area contributed by atoms with Gasteiger partial charge in [0.25, 0.3) is 0 Å². The van der Waals surface area contributed by atoms with Gasteiger partial charge in [0.05, 0.1) is 5.56 Å². The van der Waals surface area contributed by atoms with Crippen LogP contribution in [0, 0.1) is 6.92 Å². The van der Waals surface area contributed by atoms with Crippen LogP contribution in [0.4, 0.5) is 0 Å². The van der Waals surface area contributed by atoms with E-state index in [-0.39, 0.29) is 6.61 Å². The molecule has 0 aliphatic carbocycles. The number of hydrogen-bond acceptors (Lipinski definition) is 7. The second-order valence-electron chi connectivity index (χ2n) is 5.21. The monoisotopic (exact) mass is 312 g/mol. The summed E-state index contributed by atoms with van der Waals surface area (Å²) in [5.74, 6) is -0.564. The fourth-order valence-corrected chi connectivity index (χ4v) is 2.18. The molecule has 0 saturated carbocycles. The maximum atomic E-state index is 11.9. The lowest BCUT2D eigenvalue weighted by molar-refractivity contribution is -0.294. The fourth-order valence-electron chi connectivity index (χ4n) is 2.18. The molecule has 0 amide bonds. The Bertz CT molecular complexity index is 499. The predicted molar refractivity (Wildman–Crippen MR) is 75.2 cm³/mol. The Balaban J connectivity index is 1.95. The van der Waals surface area contributed by atoms with Crippen molar-refractivity contribution in [3.63, 3.8) is 0 Å². The molecule has 0 unspecified atom stereocenters. The van der Waals surface area contributed by atoms with Gasteiger partial charge in [0.1, 0.15) is 31.0 Å². The van der Waals surface area contributed by atoms with Crippen molar-refractivity contribution in [1.29, 1.82) is 0 Å². The highest BCUT2D eigenvalue weighted by Crippen LogP contribution is 2.22. The SMILES string of the molecule is CO[C@H]1O[C@H](COC(=O)c2ccc(C)cc2)[C@@H](O)[C@H](O)[C@H]1O. The number of aryl methyl sites for hydroxylation is 1. The van der Waals surface area contributed by atoms with Crippen molar-refractivity contribution >= 4 is 5.97 Å². The summed E-state index contributed by atoms with van der Waals surface area (Å²) in [4.78, 5) is 11.9. The molecule has 1 aliphatic rings. The molecule has 1 aromatic carbocycles. The van der Waals surface area contributed by atoms with Crippen molar-refractivity contribution in [1.82, 2.24) is 0 Å². The van der Waals surface area contributed by atoms with Gasteiger partial charge in [-0.1, -0.05) is 17.7 Å². The van der Waals surface area contributed by atoms with E-state index in [0.717, 1.165) is 5.56 Å². The maximum absolute atomic E-state index is 11.9. The summed E-state index contributed by atoms with van der Waals surface area (Å²) in [7, 11) is 1.30. The minimum atomic E-state index is -1.44. The molecular weight excluding hydrogens is 292 g/mol. The van der Waals surface area contributed by atoms with Gasteiger partial charge < -0.3 is 29.5 Å². The molecule has 122 valence electrons. The van der Waals surface area contributed by atoms with Gasteiger partial charge >= 0.3 is 5.97 Å². The lowest BCUT2D eigenvalue weighted by Crippen LogP contribution is -2.59. The number of benzene rings is 1. The summed E-state index contributed by atoms with van der Waals surface area (Å²) in [6.07, 6.45) is -6.28. The van der Waals surface area contributed by atoms with E-state index in [1.807, 2.05) is 6.92 Å². The summed E-state index contributed by atoms with van der Waals surface area (Å²) in [5.41, 5.74) is 1.39. The van der Waals surface area contributed by atoms with Gasteiger partial charge in [-0.05, 0) is 19.1 Å². The molecule has 1 fully saturated rings. The third kappa shape index (κ3) is 3.63. The lowest BCUT2D eigenvalue weighted by atomic mass is 9.99. The lowest BCUT2D eigenvalue weighted by Gasteiger charge is -2.39. The van der Waals surface area contributed by atoms with E-state index in [0.29, 0.717) is 5.56 Å². The first kappa shape index (κ1) is 16.9. The Kier molecular flexibility index (Phi) is 5.49. The topological polar surface area (TPSA) is 105 Å². The Morgan fingerprint density at radius 2 is 1.77 bits per heavy atom. The molecule has 1 aromatic rings. The highest BCUT2D eigenvalue weighted by Gasteiger charge is 2.44. The van der Waals surface area contributed by atoms with Crippen LogP contribution in [0.1, 0.15) is 15.9 Å². The predicted octanol–water partition coefficient (Wildman–Crippen LogP) is -0.394. The first-order chi connectivity index (χ1) is 10.4. The van der Waals surface area contributed by atoms with E-state index >= 15 is 0 Å². The van der Waals surface area contributed by atoms with Crippen LogP contribution in [0.2, 0.25) is 0 Å². The molecule has 1 heterocycles. The van der Waals surface area contributed by atoms with Crippen LogP contribution in [0.5, 0.6) is 0 Å². The number of carbonyl (C=O) groups excluding carboxylic acids is 1. The Morgan fingerprint density at radius 1 is 1.14 bits per heavy atom. The molecule has 0 aromatic heterocycles. The summed E-state index contributed by atoms with van der Waals surface area (Å²) in [5, 5.41) is 29.2. The van der Waals surface area contributed by atoms with Gasteiger partial charge in [-0.2, -0.15) is 0 Å². The van der Waals surface area contributed by atoms with Gasteiger partial charge in [0.15, 0.2) is 6.29 Å². The zero-order valence-electron chi connectivity index (χ0n) is 12.4. The molecule has 1 saturated heterocycles. The number of aliphatic hydroxyl groups is 3. The molecular formula is C15H20O7. The average molecular weight is 312 g/mol. The number of methoxy groups -OCH3 is 1. The second kappa shape index (κ2) is 7.17. The van der Waals surface area contributed by atoms with Gasteiger partial charge in [-0.15, -0.1) is 0 Å². The summed E-state index contributed by atoms with van der Waals surface area (Å²) >= 11 is 0. The molecule has 0 spiro atoms. The number of carbonyl (C=O) groups is 1. The number of rotatable bonds is 4. The van der Waals surface area contributed by atoms with Gasteiger partial charge in [0.2, 0.25) is 0 Å². The molecule has 3 N–H and O–H groups in total. The van der Waals surface area contributed by atoms with Crippen molar-refractivity contribution in [2.45, 2.75) is 37.6 Å². The zero-order valence-corrected chi connectivity index (χ0v) is 12.4. The van der Waals surface area contributed by atoms with Crippen LogP contribution >= 0.6 is 0 Å². The first-order valence-corrected chi connectivity index (χ1v) is 6.90. The molecule has 1 aliphatic heterocycles. The van der Waals surface area contributed by atoms with E-state index < -0.39 is 36.7 Å². The normalized spacial score (nSPS) is 31.8. The van der Waals surface area contributed by atoms with Crippen molar-refractivity contribution in [3.8, 4) is 0 Å². The van der Waals surface area contributed by atoms with E-state index in [9.17, 15) is 20.1 Å². The minimum absolute atomic E-state index is 0.266. The van der Waals surface area contributed by atoms with Gasteiger partial charge in [-0.25, -0.2) is 4.79 Å². The number of hydrogen-bond donors (Lipinski definition) is 3. The largest absolute Gasteiger partial charge is 0.459 e. The van der Waals surface area contributed by atoms with E-state index in [1.165, 1.54) is 7.11 Å². The van der Waals surface area contributed by atoms with Crippen LogP contribution in [0.25, 0.3) is 0 Å². The molecule has 22 heavy (non-hydrogen) atoms. The van der Waals surface area contributed by atoms with Crippen molar-refractivity contribution in [3.05, 3.63) is 35.4 Å². The molecule has 2 rings (SSSR count). The van der Waals surface area contributed by atoms with Crippen LogP contribution in [-0.4, -0.2) is 65.7 Å². The first-order valence-electron chi connectivity index (χ1n) is 6.90. The van der Waals surface area contributed by atoms with E-state index in [1.54, 1.807) is 24.3 Å². The minimum Gasteiger partial charge on any atom is -0.459 e. The van der Waals surface area contributed by atoms with Crippen molar-refractivity contribution < 1.29 is 34.3 Å². The third-order valence-corrected chi connectivity index (χ3v) is 3.57. The standard InChI is InChI=1S/C15H20O7/c1-8-3-5-9(6-4-8)14(19)21-7-10-11(16)12(17)13(18)15(20-2)22-10/h3-6,10-13,15-18H,7H2,1-2H3/t10-,11-,12+,13-,15+/m1/s1. The number of aliphatic hydroxyl groups excluding tert-OH is 3. The van der Waals surface area contributed by atoms with Crippen LogP contribution in [-0.2, 0) is 14.2 Å². The van der Waals surface area contributed by atoms with E-state index in [4.69, 9.17) is 14.2 Å². The molecule has 5 atom stereocenters. The average Bonchev–Trinajstić information content (AvgIpc) is 2.52. The smallest absolute Gasteiger partial charge is 0.338 e. The molecule has 7 nitrogen and oxygen atoms in total. The highest BCUT2D eigenvalue weighted by molar-refractivity contribution is 5.89. The Hall–Kier alpha value is -1.51. The molecule has 0 radical (unpaired) electrons. The van der Waals surface area contributed by atoms with Crippen LogP contribution in [0.15, 0.2) is 24.3 Å². The number of esters is 1. The van der Waals surface area contributed by atoms with Gasteiger partial charge in [-0.3, -0.25) is 0 Å². The van der Waals surface area contributed by atoms with Crippen molar-refractivity contribution in [2.75, 3.05) is 13.7 Å². The summed E-state index contributed by atoms with van der Waals surface area (Å²) < 4.78 is 15.2. The Labute approximate surface area is 128 Å². The summed E-state index contributed by atoms with van der Waals surface area (Å²) in [6.45, 7) is 1.64. The second-order valence-corrected chi connectivity index (χ2v) is 5.21. The Morgan fingerprint density at radius 3 is 2.36 bits per heavy atom. The van der Waals surface area contributed by atoms with E-state index in [2.05, 4.69) is 0 Å². The molecule has 0 bridgehead atoms. The van der Waals surface area contributed by atoms with Gasteiger partial charge in [0, 0.05) is 7.11 Å². The van der Waals surface area contributed by atoms with Crippen LogP contribution in [0.3, 0.4) is 0 Å².